The third kappa shape index (κ3) is 3.07. The van der Waals surface area contributed by atoms with Crippen molar-refractivity contribution < 1.29 is 23.3 Å². The molecule has 1 aliphatic carbocycles. The van der Waals surface area contributed by atoms with Crippen LogP contribution in [0.1, 0.15) is 56.5 Å². The predicted molar refractivity (Wildman–Crippen MR) is 91.2 cm³/mol. The number of amides is 1. The number of hydrogen-bond donors (Lipinski definition) is 1. The Hall–Kier alpha value is -2.41. The molecule has 1 amide bonds. The third-order valence-electron chi connectivity index (χ3n) is 5.13. The average Bonchev–Trinajstić information content (AvgIpc) is 3.28. The lowest BCUT2D eigenvalue weighted by Gasteiger charge is -2.18. The van der Waals surface area contributed by atoms with Gasteiger partial charge < -0.3 is 19.0 Å². The predicted octanol–water partition coefficient (Wildman–Crippen LogP) is 2.39. The summed E-state index contributed by atoms with van der Waals surface area (Å²) in [5.41, 5.74) is 1.68. The van der Waals surface area contributed by atoms with Gasteiger partial charge in [0, 0.05) is 31.2 Å². The molecule has 7 nitrogen and oxygen atoms in total. The Morgan fingerprint density at radius 3 is 2.92 bits per heavy atom. The third-order valence-corrected chi connectivity index (χ3v) is 5.13. The molecular formula is C19H22N2O5. The van der Waals surface area contributed by atoms with E-state index in [0.717, 1.165) is 17.9 Å². The van der Waals surface area contributed by atoms with Crippen LogP contribution >= 0.6 is 0 Å². The number of hydrogen-bond acceptors (Lipinski definition) is 6. The maximum absolute atomic E-state index is 12.9. The topological polar surface area (TPSA) is 94.6 Å². The SMILES string of the molecule is Cc1cc(C[C@@H]2COC[C@@H]2NC(=O)c2c(C)oc3c2C(=O)CCC3)on1. The minimum atomic E-state index is -0.267. The summed E-state index contributed by atoms with van der Waals surface area (Å²) < 4.78 is 16.5. The smallest absolute Gasteiger partial charge is 0.255 e. The fourth-order valence-corrected chi connectivity index (χ4v) is 3.85. The highest BCUT2D eigenvalue weighted by atomic mass is 16.5. The van der Waals surface area contributed by atoms with E-state index in [1.54, 1.807) is 6.92 Å². The van der Waals surface area contributed by atoms with Crippen molar-refractivity contribution in [2.45, 2.75) is 45.6 Å². The van der Waals surface area contributed by atoms with Gasteiger partial charge in [-0.05, 0) is 20.3 Å². The van der Waals surface area contributed by atoms with Gasteiger partial charge in [0.1, 0.15) is 17.3 Å². The molecular weight excluding hydrogens is 336 g/mol. The van der Waals surface area contributed by atoms with Gasteiger partial charge in [-0.15, -0.1) is 0 Å². The molecule has 0 saturated carbocycles. The van der Waals surface area contributed by atoms with E-state index in [1.807, 2.05) is 13.0 Å². The number of nitrogens with one attached hydrogen (secondary N) is 1. The summed E-state index contributed by atoms with van der Waals surface area (Å²) in [6.07, 6.45) is 2.59. The fraction of sp³-hybridized carbons (Fsp3) is 0.526. The Morgan fingerprint density at radius 2 is 2.15 bits per heavy atom. The van der Waals surface area contributed by atoms with E-state index >= 15 is 0 Å². The lowest BCUT2D eigenvalue weighted by atomic mass is 9.92. The van der Waals surface area contributed by atoms with Gasteiger partial charge in [0.2, 0.25) is 0 Å². The lowest BCUT2D eigenvalue weighted by Crippen LogP contribution is -2.41. The van der Waals surface area contributed by atoms with Gasteiger partial charge in [-0.3, -0.25) is 9.59 Å². The Bertz CT molecular complexity index is 850. The number of ether oxygens (including phenoxy) is 1. The summed E-state index contributed by atoms with van der Waals surface area (Å²) in [5.74, 6) is 1.75. The second-order valence-electron chi connectivity index (χ2n) is 7.12. The van der Waals surface area contributed by atoms with Crippen molar-refractivity contribution >= 4 is 11.7 Å². The standard InChI is InChI=1S/C19H22N2O5/c1-10-6-13(26-21-10)7-12-8-24-9-14(12)20-19(23)17-11(2)25-16-5-3-4-15(22)18(16)17/h6,12,14H,3-5,7-9H2,1-2H3,(H,20,23)/t12-,14+/m1/s1. The number of fused-ring (bicyclic) bond motifs is 1. The Morgan fingerprint density at radius 1 is 1.31 bits per heavy atom. The molecule has 2 aromatic rings. The summed E-state index contributed by atoms with van der Waals surface area (Å²) in [6, 6.07) is 1.75. The van der Waals surface area contributed by atoms with Crippen molar-refractivity contribution in [3.05, 3.63) is 40.2 Å². The Labute approximate surface area is 151 Å². The first kappa shape index (κ1) is 17.0. The molecule has 138 valence electrons. The summed E-state index contributed by atoms with van der Waals surface area (Å²) >= 11 is 0. The molecule has 0 aromatic carbocycles. The molecule has 1 saturated heterocycles. The van der Waals surface area contributed by atoms with Crippen LogP contribution in [0.4, 0.5) is 0 Å². The molecule has 7 heteroatoms. The molecule has 1 aliphatic heterocycles. The Kier molecular flexibility index (Phi) is 4.40. The second-order valence-corrected chi connectivity index (χ2v) is 7.12. The van der Waals surface area contributed by atoms with Crippen LogP contribution in [0.15, 0.2) is 15.0 Å². The van der Waals surface area contributed by atoms with E-state index in [2.05, 4.69) is 10.5 Å². The van der Waals surface area contributed by atoms with E-state index in [-0.39, 0.29) is 23.7 Å². The first-order valence-corrected chi connectivity index (χ1v) is 8.99. The first-order valence-electron chi connectivity index (χ1n) is 8.99. The summed E-state index contributed by atoms with van der Waals surface area (Å²) in [6.45, 7) is 4.60. The summed E-state index contributed by atoms with van der Waals surface area (Å²) in [7, 11) is 0. The lowest BCUT2D eigenvalue weighted by molar-refractivity contribution is 0.0906. The minimum Gasteiger partial charge on any atom is -0.465 e. The van der Waals surface area contributed by atoms with Crippen molar-refractivity contribution in [3.8, 4) is 0 Å². The van der Waals surface area contributed by atoms with Crippen molar-refractivity contribution in [2.75, 3.05) is 13.2 Å². The number of aromatic nitrogens is 1. The minimum absolute atomic E-state index is 0.00962. The van der Waals surface area contributed by atoms with Gasteiger partial charge in [0.25, 0.3) is 5.91 Å². The van der Waals surface area contributed by atoms with E-state index < -0.39 is 0 Å². The van der Waals surface area contributed by atoms with E-state index in [0.29, 0.717) is 55.1 Å². The van der Waals surface area contributed by atoms with Gasteiger partial charge in [0.05, 0.1) is 36.1 Å². The number of carbonyl (C=O) groups excluding carboxylic acids is 2. The second kappa shape index (κ2) is 6.72. The van der Waals surface area contributed by atoms with Gasteiger partial charge in [-0.25, -0.2) is 0 Å². The first-order chi connectivity index (χ1) is 12.5. The zero-order valence-corrected chi connectivity index (χ0v) is 15.0. The molecule has 26 heavy (non-hydrogen) atoms. The van der Waals surface area contributed by atoms with Crippen LogP contribution in [-0.2, 0) is 17.6 Å². The average molecular weight is 358 g/mol. The summed E-state index contributed by atoms with van der Waals surface area (Å²) in [4.78, 5) is 25.2. The maximum atomic E-state index is 12.9. The molecule has 0 bridgehead atoms. The molecule has 1 N–H and O–H groups in total. The van der Waals surface area contributed by atoms with Crippen LogP contribution in [0, 0.1) is 19.8 Å². The molecule has 4 rings (SSSR count). The van der Waals surface area contributed by atoms with Crippen LogP contribution in [0.3, 0.4) is 0 Å². The van der Waals surface area contributed by atoms with E-state index in [4.69, 9.17) is 13.7 Å². The zero-order valence-electron chi connectivity index (χ0n) is 15.0. The van der Waals surface area contributed by atoms with Crippen molar-refractivity contribution in [2.24, 2.45) is 5.92 Å². The number of furan rings is 1. The molecule has 0 unspecified atom stereocenters. The number of carbonyl (C=O) groups is 2. The van der Waals surface area contributed by atoms with Crippen LogP contribution < -0.4 is 5.32 Å². The number of Topliss-reactive ketones (excluding diaryl/α,β-unsaturated/α-hetero) is 1. The Balaban J connectivity index is 1.51. The van der Waals surface area contributed by atoms with Crippen molar-refractivity contribution in [1.29, 1.82) is 0 Å². The van der Waals surface area contributed by atoms with Gasteiger partial charge >= 0.3 is 0 Å². The molecule has 3 heterocycles. The highest BCUT2D eigenvalue weighted by Crippen LogP contribution is 2.30. The van der Waals surface area contributed by atoms with Crippen LogP contribution in [-0.4, -0.2) is 36.1 Å². The van der Waals surface area contributed by atoms with Crippen molar-refractivity contribution in [1.82, 2.24) is 10.5 Å². The molecule has 2 aromatic heterocycles. The molecule has 2 aliphatic rings. The fourth-order valence-electron chi connectivity index (χ4n) is 3.85. The monoisotopic (exact) mass is 358 g/mol. The quantitative estimate of drug-likeness (QED) is 0.902. The number of nitrogens with zero attached hydrogens (tertiary/aromatic N) is 1. The molecule has 2 atom stereocenters. The largest absolute Gasteiger partial charge is 0.465 e. The normalized spacial score (nSPS) is 22.5. The van der Waals surface area contributed by atoms with E-state index in [1.165, 1.54) is 0 Å². The number of rotatable bonds is 4. The van der Waals surface area contributed by atoms with Gasteiger partial charge in [-0.2, -0.15) is 0 Å². The zero-order chi connectivity index (χ0) is 18.3. The van der Waals surface area contributed by atoms with E-state index in [9.17, 15) is 9.59 Å². The van der Waals surface area contributed by atoms with Gasteiger partial charge in [-0.1, -0.05) is 5.16 Å². The summed E-state index contributed by atoms with van der Waals surface area (Å²) in [5, 5.41) is 6.93. The molecule has 1 fully saturated rings. The van der Waals surface area contributed by atoms with Gasteiger partial charge in [0.15, 0.2) is 5.78 Å². The van der Waals surface area contributed by atoms with Crippen LogP contribution in [0.25, 0.3) is 0 Å². The van der Waals surface area contributed by atoms with Crippen molar-refractivity contribution in [3.63, 3.8) is 0 Å². The highest BCUT2D eigenvalue weighted by molar-refractivity contribution is 6.10. The molecule has 0 spiro atoms. The number of ketones is 1. The maximum Gasteiger partial charge on any atom is 0.255 e. The highest BCUT2D eigenvalue weighted by Gasteiger charge is 2.35. The van der Waals surface area contributed by atoms with Crippen LogP contribution in [0.2, 0.25) is 0 Å². The number of aryl methyl sites for hydroxylation is 3. The molecule has 0 radical (unpaired) electrons. The van der Waals surface area contributed by atoms with Crippen LogP contribution in [0.5, 0.6) is 0 Å².